The second-order valence-corrected chi connectivity index (χ2v) is 5.75. The van der Waals surface area contributed by atoms with Gasteiger partial charge in [-0.2, -0.15) is 0 Å². The lowest BCUT2D eigenvalue weighted by molar-refractivity contribution is 0.103. The van der Waals surface area contributed by atoms with Crippen LogP contribution < -0.4 is 5.56 Å². The van der Waals surface area contributed by atoms with Crippen LogP contribution in [0.25, 0.3) is 5.69 Å². The SMILES string of the molecule is Cc1[nH]n(-c2c(F)c(F)cc(F)c2F)c(=O)c1C(=O)c1cc(F)c(F)c(F)c1F. The number of aromatic amines is 1. The number of hydrogen-bond donors (Lipinski definition) is 1. The molecular formula is C17H6F8N2O2. The van der Waals surface area contributed by atoms with Crippen molar-refractivity contribution in [3.8, 4) is 5.69 Å². The van der Waals surface area contributed by atoms with Gasteiger partial charge in [0.05, 0.1) is 5.56 Å². The Morgan fingerprint density at radius 1 is 0.793 bits per heavy atom. The summed E-state index contributed by atoms with van der Waals surface area (Å²) in [5.74, 6) is -18.0. The van der Waals surface area contributed by atoms with E-state index in [1.54, 1.807) is 0 Å². The predicted molar refractivity (Wildman–Crippen MR) is 80.7 cm³/mol. The maximum atomic E-state index is 13.9. The van der Waals surface area contributed by atoms with E-state index in [0.717, 1.165) is 6.92 Å². The monoisotopic (exact) mass is 422 g/mol. The van der Waals surface area contributed by atoms with Crippen LogP contribution in [-0.4, -0.2) is 15.6 Å². The first-order valence-electron chi connectivity index (χ1n) is 7.50. The Morgan fingerprint density at radius 2 is 1.31 bits per heavy atom. The zero-order chi connectivity index (χ0) is 21.8. The molecule has 1 heterocycles. The van der Waals surface area contributed by atoms with E-state index < -0.39 is 80.4 Å². The molecule has 29 heavy (non-hydrogen) atoms. The molecule has 0 spiro atoms. The number of carbonyl (C=O) groups excluding carboxylic acids is 1. The fourth-order valence-electron chi connectivity index (χ4n) is 2.60. The largest absolute Gasteiger partial charge is 0.294 e. The Hall–Kier alpha value is -3.44. The molecule has 1 N–H and O–H groups in total. The third-order valence-corrected chi connectivity index (χ3v) is 3.96. The highest BCUT2D eigenvalue weighted by Gasteiger charge is 2.30. The number of aryl methyl sites for hydroxylation is 1. The zero-order valence-corrected chi connectivity index (χ0v) is 13.9. The lowest BCUT2D eigenvalue weighted by Gasteiger charge is -2.06. The molecule has 0 aliphatic carbocycles. The van der Waals surface area contributed by atoms with Gasteiger partial charge < -0.3 is 0 Å². The van der Waals surface area contributed by atoms with E-state index in [4.69, 9.17) is 0 Å². The van der Waals surface area contributed by atoms with E-state index in [1.807, 2.05) is 5.10 Å². The van der Waals surface area contributed by atoms with Crippen LogP contribution in [0.5, 0.6) is 0 Å². The van der Waals surface area contributed by atoms with Gasteiger partial charge in [-0.3, -0.25) is 14.7 Å². The normalized spacial score (nSPS) is 11.2. The number of nitrogens with one attached hydrogen (secondary N) is 1. The van der Waals surface area contributed by atoms with Crippen LogP contribution in [0.1, 0.15) is 21.6 Å². The third kappa shape index (κ3) is 3.00. The smallest absolute Gasteiger partial charge is 0.282 e. The molecule has 0 radical (unpaired) electrons. The van der Waals surface area contributed by atoms with Crippen LogP contribution in [-0.2, 0) is 0 Å². The van der Waals surface area contributed by atoms with Crippen molar-refractivity contribution in [2.24, 2.45) is 0 Å². The minimum Gasteiger partial charge on any atom is -0.294 e. The minimum atomic E-state index is -2.33. The Labute approximate surface area is 155 Å². The minimum absolute atomic E-state index is 0.0185. The number of benzene rings is 2. The van der Waals surface area contributed by atoms with E-state index in [0.29, 0.717) is 0 Å². The number of halogens is 8. The van der Waals surface area contributed by atoms with Crippen LogP contribution in [0.2, 0.25) is 0 Å². The first kappa shape index (κ1) is 20.3. The molecule has 4 nitrogen and oxygen atoms in total. The molecule has 0 unspecified atom stereocenters. The number of aromatic nitrogens is 2. The van der Waals surface area contributed by atoms with E-state index in [-0.39, 0.29) is 16.8 Å². The topological polar surface area (TPSA) is 54.9 Å². The Kier molecular flexibility index (Phi) is 4.81. The van der Waals surface area contributed by atoms with Gasteiger partial charge in [0.2, 0.25) is 5.78 Å². The molecule has 0 saturated heterocycles. The average molecular weight is 422 g/mol. The second kappa shape index (κ2) is 6.87. The fourth-order valence-corrected chi connectivity index (χ4v) is 2.60. The van der Waals surface area contributed by atoms with Gasteiger partial charge in [0, 0.05) is 11.8 Å². The van der Waals surface area contributed by atoms with Gasteiger partial charge in [-0.05, 0) is 13.0 Å². The maximum absolute atomic E-state index is 13.9. The number of rotatable bonds is 3. The predicted octanol–water partition coefficient (Wildman–Crippen LogP) is 3.82. The Balaban J connectivity index is 2.27. The van der Waals surface area contributed by atoms with Crippen molar-refractivity contribution in [1.29, 1.82) is 0 Å². The van der Waals surface area contributed by atoms with E-state index in [1.165, 1.54) is 0 Å². The Bertz CT molecular complexity index is 1220. The fraction of sp³-hybridized carbons (Fsp3) is 0.0588. The molecule has 1 aromatic heterocycles. The molecule has 0 bridgehead atoms. The number of H-pyrrole nitrogens is 1. The van der Waals surface area contributed by atoms with E-state index in [2.05, 4.69) is 0 Å². The van der Waals surface area contributed by atoms with Crippen LogP contribution in [0.4, 0.5) is 35.1 Å². The number of ketones is 1. The lowest BCUT2D eigenvalue weighted by Crippen LogP contribution is -2.24. The van der Waals surface area contributed by atoms with Crippen molar-refractivity contribution in [3.05, 3.63) is 85.8 Å². The van der Waals surface area contributed by atoms with Gasteiger partial charge in [-0.25, -0.2) is 39.8 Å². The van der Waals surface area contributed by atoms with Crippen molar-refractivity contribution >= 4 is 5.78 Å². The molecule has 0 fully saturated rings. The molecule has 3 aromatic rings. The molecule has 0 atom stereocenters. The van der Waals surface area contributed by atoms with Crippen molar-refractivity contribution < 1.29 is 39.9 Å². The van der Waals surface area contributed by atoms with Gasteiger partial charge in [0.25, 0.3) is 5.56 Å². The second-order valence-electron chi connectivity index (χ2n) is 5.75. The molecule has 152 valence electrons. The summed E-state index contributed by atoms with van der Waals surface area (Å²) < 4.78 is 108. The molecule has 2 aromatic carbocycles. The quantitative estimate of drug-likeness (QED) is 0.302. The summed E-state index contributed by atoms with van der Waals surface area (Å²) in [5, 5.41) is 1.96. The molecular weight excluding hydrogens is 416 g/mol. The standard InChI is InChI=1S/C17H6F8N2O2/c1-4-9(16(28)5-2-6(18)11(22)14(25)10(5)21)17(29)27(26-4)15-12(23)7(19)3-8(20)13(15)24/h2-3,26H,1H3. The van der Waals surface area contributed by atoms with Crippen LogP contribution >= 0.6 is 0 Å². The van der Waals surface area contributed by atoms with Crippen molar-refractivity contribution in [2.45, 2.75) is 6.92 Å². The average Bonchev–Trinajstić information content (AvgIpc) is 2.95. The molecule has 0 saturated carbocycles. The van der Waals surface area contributed by atoms with Gasteiger partial charge in [0.15, 0.2) is 46.5 Å². The van der Waals surface area contributed by atoms with Gasteiger partial charge in [-0.1, -0.05) is 0 Å². The van der Waals surface area contributed by atoms with E-state index in [9.17, 15) is 44.7 Å². The van der Waals surface area contributed by atoms with Crippen LogP contribution in [0.3, 0.4) is 0 Å². The summed E-state index contributed by atoms with van der Waals surface area (Å²) in [5.41, 5.74) is -6.10. The number of nitrogens with zero attached hydrogens (tertiary/aromatic N) is 1. The summed E-state index contributed by atoms with van der Waals surface area (Å²) in [6, 6.07) is -0.143. The zero-order valence-electron chi connectivity index (χ0n) is 13.9. The summed E-state index contributed by atoms with van der Waals surface area (Å²) in [4.78, 5) is 24.8. The van der Waals surface area contributed by atoms with Crippen molar-refractivity contribution in [3.63, 3.8) is 0 Å². The molecule has 3 rings (SSSR count). The van der Waals surface area contributed by atoms with Gasteiger partial charge in [-0.15, -0.1) is 0 Å². The summed E-state index contributed by atoms with van der Waals surface area (Å²) >= 11 is 0. The van der Waals surface area contributed by atoms with Gasteiger partial charge >= 0.3 is 0 Å². The lowest BCUT2D eigenvalue weighted by atomic mass is 10.0. The number of carbonyl (C=O) groups is 1. The first-order valence-corrected chi connectivity index (χ1v) is 7.50. The summed E-state index contributed by atoms with van der Waals surface area (Å²) in [6.45, 7) is 0.977. The summed E-state index contributed by atoms with van der Waals surface area (Å²) in [7, 11) is 0. The molecule has 0 aliphatic rings. The van der Waals surface area contributed by atoms with E-state index >= 15 is 0 Å². The highest BCUT2D eigenvalue weighted by atomic mass is 19.2. The van der Waals surface area contributed by atoms with Crippen molar-refractivity contribution in [2.75, 3.05) is 0 Å². The van der Waals surface area contributed by atoms with Gasteiger partial charge in [0.1, 0.15) is 11.3 Å². The molecule has 0 aliphatic heterocycles. The third-order valence-electron chi connectivity index (χ3n) is 3.96. The Morgan fingerprint density at radius 3 is 1.86 bits per heavy atom. The molecule has 0 amide bonds. The van der Waals surface area contributed by atoms with Crippen LogP contribution in [0.15, 0.2) is 16.9 Å². The maximum Gasteiger partial charge on any atom is 0.282 e. The summed E-state index contributed by atoms with van der Waals surface area (Å²) in [6.07, 6.45) is 0. The highest BCUT2D eigenvalue weighted by molar-refractivity contribution is 6.09. The molecule has 12 heteroatoms. The first-order chi connectivity index (χ1) is 13.5. The van der Waals surface area contributed by atoms with Crippen LogP contribution in [0, 0.1) is 53.5 Å². The van der Waals surface area contributed by atoms with Crippen molar-refractivity contribution in [1.82, 2.24) is 9.78 Å². The number of hydrogen-bond acceptors (Lipinski definition) is 2. The highest BCUT2D eigenvalue weighted by Crippen LogP contribution is 2.24.